The van der Waals surface area contributed by atoms with Crippen molar-refractivity contribution in [1.29, 1.82) is 0 Å². The third-order valence-electron chi connectivity index (χ3n) is 2.70. The van der Waals surface area contributed by atoms with Gasteiger partial charge in [-0.25, -0.2) is 4.79 Å². The Labute approximate surface area is 110 Å². The van der Waals surface area contributed by atoms with Gasteiger partial charge in [-0.1, -0.05) is 39.0 Å². The molecule has 0 saturated heterocycles. The normalized spacial score (nSPS) is 11.2. The summed E-state index contributed by atoms with van der Waals surface area (Å²) in [5, 5.41) is 0. The Balaban J connectivity index is 2.64. The number of aryl methyl sites for hydroxylation is 2. The molecule has 1 rings (SSSR count). The first-order valence-electron chi connectivity index (χ1n) is 6.47. The highest BCUT2D eigenvalue weighted by atomic mass is 16.5. The lowest BCUT2D eigenvalue weighted by molar-refractivity contribution is -0.138. The minimum atomic E-state index is -0.275. The minimum Gasteiger partial charge on any atom is -0.462 e. The fraction of sp³-hybridized carbons (Fsp3) is 0.438. The maximum Gasteiger partial charge on any atom is 0.330 e. The van der Waals surface area contributed by atoms with E-state index >= 15 is 0 Å². The summed E-state index contributed by atoms with van der Waals surface area (Å²) in [7, 11) is 0. The number of carbonyl (C=O) groups is 1. The topological polar surface area (TPSA) is 26.3 Å². The van der Waals surface area contributed by atoms with E-state index in [1.165, 1.54) is 17.2 Å². The van der Waals surface area contributed by atoms with Gasteiger partial charge in [0.15, 0.2) is 0 Å². The number of ether oxygens (including phenoxy) is 1. The van der Waals surface area contributed by atoms with Crippen LogP contribution in [-0.4, -0.2) is 12.6 Å². The second-order valence-electron chi connectivity index (χ2n) is 4.90. The molecule has 0 aliphatic carbocycles. The van der Waals surface area contributed by atoms with E-state index < -0.39 is 0 Å². The van der Waals surface area contributed by atoms with Crippen LogP contribution in [0.2, 0.25) is 0 Å². The quantitative estimate of drug-likeness (QED) is 0.584. The van der Waals surface area contributed by atoms with Crippen LogP contribution in [0.5, 0.6) is 0 Å². The van der Waals surface area contributed by atoms with Gasteiger partial charge in [0, 0.05) is 6.08 Å². The van der Waals surface area contributed by atoms with Gasteiger partial charge in [0.25, 0.3) is 0 Å². The molecule has 0 atom stereocenters. The van der Waals surface area contributed by atoms with Crippen LogP contribution in [0.4, 0.5) is 0 Å². The average Bonchev–Trinajstić information content (AvgIpc) is 2.34. The van der Waals surface area contributed by atoms with Crippen LogP contribution in [0.15, 0.2) is 24.3 Å². The van der Waals surface area contributed by atoms with E-state index in [4.69, 9.17) is 4.74 Å². The van der Waals surface area contributed by atoms with Gasteiger partial charge >= 0.3 is 5.97 Å². The average molecular weight is 246 g/mol. The molecule has 1 aromatic carbocycles. The van der Waals surface area contributed by atoms with Crippen molar-refractivity contribution in [3.8, 4) is 0 Å². The lowest BCUT2D eigenvalue weighted by Crippen LogP contribution is -2.07. The molecule has 0 heterocycles. The minimum absolute atomic E-state index is 0.275. The first-order valence-corrected chi connectivity index (χ1v) is 6.47. The largest absolute Gasteiger partial charge is 0.462 e. The Kier molecular flexibility index (Phi) is 5.63. The Morgan fingerprint density at radius 3 is 2.67 bits per heavy atom. The number of hydrogen-bond donors (Lipinski definition) is 0. The Morgan fingerprint density at radius 2 is 2.11 bits per heavy atom. The number of esters is 1. The predicted octanol–water partition coefficient (Wildman–Crippen LogP) is 3.77. The first-order chi connectivity index (χ1) is 8.52. The second-order valence-corrected chi connectivity index (χ2v) is 4.90. The standard InChI is InChI=1S/C16H22O2/c1-5-14-6-7-15(13(4)10-14)8-9-16(17)18-11-12(2)3/h6-10,12H,5,11H2,1-4H3. The third-order valence-corrected chi connectivity index (χ3v) is 2.70. The maximum absolute atomic E-state index is 11.4. The van der Waals surface area contributed by atoms with E-state index in [1.54, 1.807) is 0 Å². The van der Waals surface area contributed by atoms with E-state index in [0.29, 0.717) is 12.5 Å². The summed E-state index contributed by atoms with van der Waals surface area (Å²) < 4.78 is 5.08. The highest BCUT2D eigenvalue weighted by Crippen LogP contribution is 2.13. The number of rotatable bonds is 5. The van der Waals surface area contributed by atoms with E-state index in [1.807, 2.05) is 26.0 Å². The van der Waals surface area contributed by atoms with Crippen molar-refractivity contribution in [3.63, 3.8) is 0 Å². The molecule has 2 heteroatoms. The molecule has 0 bridgehead atoms. The molecule has 18 heavy (non-hydrogen) atoms. The van der Waals surface area contributed by atoms with Crippen LogP contribution in [0.1, 0.15) is 37.5 Å². The van der Waals surface area contributed by atoms with Gasteiger partial charge < -0.3 is 4.74 Å². The van der Waals surface area contributed by atoms with Gasteiger partial charge in [-0.05, 0) is 42.0 Å². The zero-order valence-electron chi connectivity index (χ0n) is 11.7. The SMILES string of the molecule is CCc1ccc(C=CC(=O)OCC(C)C)c(C)c1. The summed E-state index contributed by atoms with van der Waals surface area (Å²) in [6.45, 7) is 8.69. The summed E-state index contributed by atoms with van der Waals surface area (Å²) in [5.74, 6) is 0.0931. The Hall–Kier alpha value is -1.57. The smallest absolute Gasteiger partial charge is 0.330 e. The second kappa shape index (κ2) is 7.00. The zero-order chi connectivity index (χ0) is 13.5. The highest BCUT2D eigenvalue weighted by molar-refractivity contribution is 5.87. The molecule has 0 saturated carbocycles. The molecule has 0 aliphatic rings. The fourth-order valence-electron chi connectivity index (χ4n) is 1.60. The van der Waals surface area contributed by atoms with Crippen molar-refractivity contribution < 1.29 is 9.53 Å². The predicted molar refractivity (Wildman–Crippen MR) is 75.4 cm³/mol. The molecule has 0 aromatic heterocycles. The molecule has 1 aromatic rings. The Bertz CT molecular complexity index is 431. The van der Waals surface area contributed by atoms with Crippen molar-refractivity contribution >= 4 is 12.0 Å². The highest BCUT2D eigenvalue weighted by Gasteiger charge is 2.01. The Morgan fingerprint density at radius 1 is 1.39 bits per heavy atom. The molecular formula is C16H22O2. The monoisotopic (exact) mass is 246 g/mol. The van der Waals surface area contributed by atoms with Gasteiger partial charge in [0.05, 0.1) is 6.61 Å². The number of benzene rings is 1. The molecule has 0 radical (unpaired) electrons. The van der Waals surface area contributed by atoms with Crippen molar-refractivity contribution in [2.75, 3.05) is 6.61 Å². The van der Waals surface area contributed by atoms with Crippen molar-refractivity contribution in [2.24, 2.45) is 5.92 Å². The summed E-state index contributed by atoms with van der Waals surface area (Å²) in [5.41, 5.74) is 3.56. The van der Waals surface area contributed by atoms with Crippen LogP contribution < -0.4 is 0 Å². The fourth-order valence-corrected chi connectivity index (χ4v) is 1.60. The van der Waals surface area contributed by atoms with Gasteiger partial charge in [0.1, 0.15) is 0 Å². The number of carbonyl (C=O) groups excluding carboxylic acids is 1. The van der Waals surface area contributed by atoms with E-state index in [2.05, 4.69) is 26.0 Å². The third kappa shape index (κ3) is 4.74. The van der Waals surface area contributed by atoms with Crippen LogP contribution in [0, 0.1) is 12.8 Å². The van der Waals surface area contributed by atoms with Crippen LogP contribution >= 0.6 is 0 Å². The van der Waals surface area contributed by atoms with E-state index in [-0.39, 0.29) is 5.97 Å². The molecule has 0 N–H and O–H groups in total. The van der Waals surface area contributed by atoms with E-state index in [9.17, 15) is 4.79 Å². The zero-order valence-corrected chi connectivity index (χ0v) is 11.7. The van der Waals surface area contributed by atoms with E-state index in [0.717, 1.165) is 12.0 Å². The van der Waals surface area contributed by atoms with Crippen molar-refractivity contribution in [3.05, 3.63) is 41.0 Å². The van der Waals surface area contributed by atoms with Crippen LogP contribution in [0.25, 0.3) is 6.08 Å². The molecule has 2 nitrogen and oxygen atoms in total. The lowest BCUT2D eigenvalue weighted by atomic mass is 10.0. The lowest BCUT2D eigenvalue weighted by Gasteiger charge is -2.05. The van der Waals surface area contributed by atoms with Crippen LogP contribution in [-0.2, 0) is 16.0 Å². The molecule has 0 aliphatic heterocycles. The molecule has 0 spiro atoms. The summed E-state index contributed by atoms with van der Waals surface area (Å²) in [6, 6.07) is 6.28. The van der Waals surface area contributed by atoms with Gasteiger partial charge in [-0.2, -0.15) is 0 Å². The molecule has 0 fully saturated rings. The molecule has 0 amide bonds. The van der Waals surface area contributed by atoms with Gasteiger partial charge in [-0.15, -0.1) is 0 Å². The van der Waals surface area contributed by atoms with Crippen molar-refractivity contribution in [2.45, 2.75) is 34.1 Å². The first kappa shape index (κ1) is 14.5. The van der Waals surface area contributed by atoms with Gasteiger partial charge in [-0.3, -0.25) is 0 Å². The van der Waals surface area contributed by atoms with Gasteiger partial charge in [0.2, 0.25) is 0 Å². The summed E-state index contributed by atoms with van der Waals surface area (Å²) in [4.78, 5) is 11.4. The number of hydrogen-bond acceptors (Lipinski definition) is 2. The maximum atomic E-state index is 11.4. The van der Waals surface area contributed by atoms with Crippen LogP contribution in [0.3, 0.4) is 0 Å². The molecule has 0 unspecified atom stereocenters. The summed E-state index contributed by atoms with van der Waals surface area (Å²) in [6.07, 6.45) is 4.34. The van der Waals surface area contributed by atoms with Crippen molar-refractivity contribution in [1.82, 2.24) is 0 Å². The molecule has 98 valence electrons. The summed E-state index contributed by atoms with van der Waals surface area (Å²) >= 11 is 0. The molecular weight excluding hydrogens is 224 g/mol.